The molecule has 0 unspecified atom stereocenters. The van der Waals surface area contributed by atoms with Crippen molar-refractivity contribution < 1.29 is 0 Å². The average Bonchev–Trinajstić information content (AvgIpc) is 2.76. The summed E-state index contributed by atoms with van der Waals surface area (Å²) in [6.07, 6.45) is 4.24. The molecule has 17 heavy (non-hydrogen) atoms. The fourth-order valence-corrected chi connectivity index (χ4v) is 2.44. The van der Waals surface area contributed by atoms with Crippen molar-refractivity contribution in [2.45, 2.75) is 20.0 Å². The molecule has 0 spiro atoms. The quantitative estimate of drug-likeness (QED) is 0.877. The molecule has 0 amide bonds. The number of aromatic nitrogens is 1. The fraction of sp³-hybridized carbons (Fsp3) is 0.231. The molecule has 0 saturated carbocycles. The van der Waals surface area contributed by atoms with Crippen molar-refractivity contribution in [2.75, 3.05) is 5.32 Å². The lowest BCUT2D eigenvalue weighted by Crippen LogP contribution is -1.99. The maximum atomic E-state index is 5.90. The third-order valence-corrected chi connectivity index (χ3v) is 3.48. The molecule has 0 fully saturated rings. The van der Waals surface area contributed by atoms with Crippen LogP contribution in [0.25, 0.3) is 0 Å². The van der Waals surface area contributed by atoms with Gasteiger partial charge in [-0.1, -0.05) is 11.6 Å². The SMILES string of the molecule is CCn1ccc(CNc2ccc(Cl)cc2Br)c1. The van der Waals surface area contributed by atoms with Crippen molar-refractivity contribution in [2.24, 2.45) is 0 Å². The zero-order valence-electron chi connectivity index (χ0n) is 9.58. The molecule has 1 heterocycles. The van der Waals surface area contributed by atoms with Crippen LogP contribution in [0, 0.1) is 0 Å². The minimum Gasteiger partial charge on any atom is -0.380 e. The number of benzene rings is 1. The van der Waals surface area contributed by atoms with Crippen LogP contribution in [-0.4, -0.2) is 4.57 Å². The summed E-state index contributed by atoms with van der Waals surface area (Å²) < 4.78 is 3.15. The highest BCUT2D eigenvalue weighted by Crippen LogP contribution is 2.26. The Bertz CT molecular complexity index is 508. The van der Waals surface area contributed by atoms with Gasteiger partial charge in [-0.05, 0) is 52.7 Å². The number of rotatable bonds is 4. The second-order valence-electron chi connectivity index (χ2n) is 3.83. The van der Waals surface area contributed by atoms with Crippen molar-refractivity contribution in [3.05, 3.63) is 51.7 Å². The Kier molecular flexibility index (Phi) is 4.13. The van der Waals surface area contributed by atoms with E-state index in [0.29, 0.717) is 0 Å². The van der Waals surface area contributed by atoms with E-state index < -0.39 is 0 Å². The first kappa shape index (κ1) is 12.5. The van der Waals surface area contributed by atoms with Crippen LogP contribution in [0.2, 0.25) is 5.02 Å². The predicted molar refractivity (Wildman–Crippen MR) is 76.6 cm³/mol. The van der Waals surface area contributed by atoms with E-state index in [1.54, 1.807) is 0 Å². The van der Waals surface area contributed by atoms with E-state index in [2.05, 4.69) is 51.2 Å². The van der Waals surface area contributed by atoms with Gasteiger partial charge in [0.2, 0.25) is 0 Å². The van der Waals surface area contributed by atoms with Crippen LogP contribution in [0.15, 0.2) is 41.1 Å². The zero-order valence-corrected chi connectivity index (χ0v) is 11.9. The van der Waals surface area contributed by atoms with Crippen molar-refractivity contribution in [3.8, 4) is 0 Å². The number of nitrogens with zero attached hydrogens (tertiary/aromatic N) is 1. The average molecular weight is 314 g/mol. The van der Waals surface area contributed by atoms with Gasteiger partial charge >= 0.3 is 0 Å². The molecule has 2 rings (SSSR count). The molecule has 2 nitrogen and oxygen atoms in total. The van der Waals surface area contributed by atoms with Crippen molar-refractivity contribution in [1.82, 2.24) is 4.57 Å². The maximum absolute atomic E-state index is 5.90. The van der Waals surface area contributed by atoms with E-state index in [-0.39, 0.29) is 0 Å². The molecule has 0 aliphatic rings. The first-order chi connectivity index (χ1) is 8.19. The van der Waals surface area contributed by atoms with Crippen LogP contribution in [0.1, 0.15) is 12.5 Å². The molecule has 0 aliphatic carbocycles. The van der Waals surface area contributed by atoms with Gasteiger partial charge in [-0.25, -0.2) is 0 Å². The Morgan fingerprint density at radius 1 is 1.35 bits per heavy atom. The molecule has 4 heteroatoms. The molecule has 0 saturated heterocycles. The van der Waals surface area contributed by atoms with E-state index in [1.165, 1.54) is 5.56 Å². The summed E-state index contributed by atoms with van der Waals surface area (Å²) in [5.41, 5.74) is 2.33. The first-order valence-corrected chi connectivity index (χ1v) is 6.69. The van der Waals surface area contributed by atoms with Gasteiger partial charge in [0.25, 0.3) is 0 Å². The van der Waals surface area contributed by atoms with Gasteiger partial charge < -0.3 is 9.88 Å². The Balaban J connectivity index is 2.02. The van der Waals surface area contributed by atoms with Crippen LogP contribution in [-0.2, 0) is 13.1 Å². The zero-order chi connectivity index (χ0) is 12.3. The topological polar surface area (TPSA) is 17.0 Å². The Morgan fingerprint density at radius 2 is 2.18 bits per heavy atom. The van der Waals surface area contributed by atoms with E-state index in [1.807, 2.05) is 18.2 Å². The largest absolute Gasteiger partial charge is 0.380 e. The summed E-state index contributed by atoms with van der Waals surface area (Å²) in [7, 11) is 0. The van der Waals surface area contributed by atoms with Gasteiger partial charge in [0, 0.05) is 40.7 Å². The molecule has 1 N–H and O–H groups in total. The lowest BCUT2D eigenvalue weighted by Gasteiger charge is -2.07. The van der Waals surface area contributed by atoms with Crippen LogP contribution in [0.5, 0.6) is 0 Å². The number of hydrogen-bond donors (Lipinski definition) is 1. The summed E-state index contributed by atoms with van der Waals surface area (Å²) in [5, 5.41) is 4.11. The Hall–Kier alpha value is -0.930. The molecule has 0 radical (unpaired) electrons. The summed E-state index contributed by atoms with van der Waals surface area (Å²) in [6.45, 7) is 3.95. The predicted octanol–water partition coefficient (Wildman–Crippen LogP) is 4.54. The molecule has 0 aliphatic heterocycles. The third-order valence-electron chi connectivity index (χ3n) is 2.59. The van der Waals surface area contributed by atoms with Gasteiger partial charge in [-0.15, -0.1) is 0 Å². The highest BCUT2D eigenvalue weighted by Gasteiger charge is 2.01. The van der Waals surface area contributed by atoms with E-state index in [9.17, 15) is 0 Å². The smallest absolute Gasteiger partial charge is 0.0488 e. The molecule has 1 aromatic heterocycles. The summed E-state index contributed by atoms with van der Waals surface area (Å²) >= 11 is 9.38. The van der Waals surface area contributed by atoms with Crippen LogP contribution in [0.3, 0.4) is 0 Å². The van der Waals surface area contributed by atoms with Crippen molar-refractivity contribution in [3.63, 3.8) is 0 Å². The van der Waals surface area contributed by atoms with Crippen LogP contribution >= 0.6 is 27.5 Å². The number of halogens is 2. The normalized spacial score (nSPS) is 10.5. The van der Waals surface area contributed by atoms with E-state index in [0.717, 1.165) is 28.3 Å². The van der Waals surface area contributed by atoms with Gasteiger partial charge in [0.1, 0.15) is 0 Å². The van der Waals surface area contributed by atoms with Crippen LogP contribution in [0.4, 0.5) is 5.69 Å². The monoisotopic (exact) mass is 312 g/mol. The van der Waals surface area contributed by atoms with Gasteiger partial charge in [-0.3, -0.25) is 0 Å². The number of anilines is 1. The minimum atomic E-state index is 0.736. The highest BCUT2D eigenvalue weighted by atomic mass is 79.9. The summed E-state index contributed by atoms with van der Waals surface area (Å²) in [5.74, 6) is 0. The molecule has 1 aromatic carbocycles. The number of aryl methyl sites for hydroxylation is 1. The Labute approximate surface area is 115 Å². The second kappa shape index (κ2) is 5.61. The van der Waals surface area contributed by atoms with Gasteiger partial charge in [0.05, 0.1) is 0 Å². The van der Waals surface area contributed by atoms with E-state index >= 15 is 0 Å². The van der Waals surface area contributed by atoms with E-state index in [4.69, 9.17) is 11.6 Å². The molecule has 0 bridgehead atoms. The number of nitrogens with one attached hydrogen (secondary N) is 1. The third kappa shape index (κ3) is 3.27. The van der Waals surface area contributed by atoms with Crippen LogP contribution < -0.4 is 5.32 Å². The standard InChI is InChI=1S/C13H14BrClN2/c1-2-17-6-5-10(9-17)8-16-13-4-3-11(15)7-12(13)14/h3-7,9,16H,2,8H2,1H3. The lowest BCUT2D eigenvalue weighted by atomic mass is 10.3. The fourth-order valence-electron chi connectivity index (χ4n) is 1.62. The molecule has 2 aromatic rings. The molecule has 0 atom stereocenters. The summed E-state index contributed by atoms with van der Waals surface area (Å²) in [6, 6.07) is 7.87. The minimum absolute atomic E-state index is 0.736. The van der Waals surface area contributed by atoms with Gasteiger partial charge in [-0.2, -0.15) is 0 Å². The molecular weight excluding hydrogens is 300 g/mol. The van der Waals surface area contributed by atoms with Gasteiger partial charge in [0.15, 0.2) is 0 Å². The summed E-state index contributed by atoms with van der Waals surface area (Å²) in [4.78, 5) is 0. The maximum Gasteiger partial charge on any atom is 0.0488 e. The first-order valence-electron chi connectivity index (χ1n) is 5.52. The van der Waals surface area contributed by atoms with Crippen molar-refractivity contribution in [1.29, 1.82) is 0 Å². The lowest BCUT2D eigenvalue weighted by molar-refractivity contribution is 0.766. The molecular formula is C13H14BrClN2. The molecule has 90 valence electrons. The Morgan fingerprint density at radius 3 is 2.82 bits per heavy atom. The van der Waals surface area contributed by atoms with Crippen molar-refractivity contribution >= 4 is 33.2 Å². The highest BCUT2D eigenvalue weighted by molar-refractivity contribution is 9.10. The second-order valence-corrected chi connectivity index (χ2v) is 5.12. The number of hydrogen-bond acceptors (Lipinski definition) is 1.